The molecular weight excluding hydrogens is 556 g/mol. The van der Waals surface area contributed by atoms with Crippen LogP contribution < -0.4 is 15.2 Å². The Hall–Kier alpha value is -4.96. The van der Waals surface area contributed by atoms with Gasteiger partial charge in [-0.3, -0.25) is 14.3 Å². The van der Waals surface area contributed by atoms with Crippen molar-refractivity contribution >= 4 is 36.3 Å². The van der Waals surface area contributed by atoms with Crippen LogP contribution in [0.2, 0.25) is 0 Å². The maximum Gasteiger partial charge on any atom is 0.341 e. The van der Waals surface area contributed by atoms with E-state index in [2.05, 4.69) is 29.3 Å². The SMILES string of the molecule is O=C(O)CCCOc1cc(Cn2cc(C3c4ccccc4C=Cc4ccccc43)c(=S)[nH]c2=O)cc(OCC(=O)O)c1. The minimum absolute atomic E-state index is 0.0492. The molecule has 3 N–H and O–H groups in total. The molecule has 0 unspecified atom stereocenters. The Morgan fingerprint density at radius 3 is 2.10 bits per heavy atom. The number of carboxylic acids is 2. The standard InChI is InChI=1S/C32H28N2O7S/c35-28(36)10-5-13-40-23-14-20(15-24(16-23)41-19-29(37)38)17-34-18-27(31(42)33-32(34)39)30-25-8-3-1-6-21(25)11-12-22-7-2-4-9-26(22)30/h1-4,6-9,11-12,14-16,18,30H,5,10,13,17,19H2,(H,35,36)(H,37,38)(H,33,39,42). The van der Waals surface area contributed by atoms with Crippen molar-refractivity contribution in [3.05, 3.63) is 121 Å². The molecule has 0 atom stereocenters. The Morgan fingerprint density at radius 2 is 1.48 bits per heavy atom. The topological polar surface area (TPSA) is 131 Å². The summed E-state index contributed by atoms with van der Waals surface area (Å²) in [6, 6.07) is 21.0. The highest BCUT2D eigenvalue weighted by Crippen LogP contribution is 2.39. The van der Waals surface area contributed by atoms with E-state index in [1.807, 2.05) is 36.4 Å². The Kier molecular flexibility index (Phi) is 8.63. The molecule has 0 saturated heterocycles. The van der Waals surface area contributed by atoms with Gasteiger partial charge in [0.15, 0.2) is 6.61 Å². The maximum atomic E-state index is 13.1. The van der Waals surface area contributed by atoms with Crippen LogP contribution in [0.4, 0.5) is 0 Å². The Morgan fingerprint density at radius 1 is 0.857 bits per heavy atom. The number of aromatic nitrogens is 2. The number of nitrogens with one attached hydrogen (secondary N) is 1. The molecular formula is C32H28N2O7S. The minimum Gasteiger partial charge on any atom is -0.493 e. The second kappa shape index (κ2) is 12.7. The molecule has 0 fully saturated rings. The molecule has 0 aliphatic heterocycles. The van der Waals surface area contributed by atoms with Gasteiger partial charge in [-0.2, -0.15) is 0 Å². The molecule has 9 nitrogen and oxygen atoms in total. The van der Waals surface area contributed by atoms with Crippen LogP contribution in [0.15, 0.2) is 77.7 Å². The number of rotatable bonds is 11. The summed E-state index contributed by atoms with van der Waals surface area (Å²) in [7, 11) is 0. The van der Waals surface area contributed by atoms with Gasteiger partial charge in [-0.15, -0.1) is 0 Å². The fourth-order valence-electron chi connectivity index (χ4n) is 5.03. The van der Waals surface area contributed by atoms with Crippen LogP contribution in [0.25, 0.3) is 12.2 Å². The van der Waals surface area contributed by atoms with Crippen LogP contribution in [-0.4, -0.2) is 44.9 Å². The van der Waals surface area contributed by atoms with Crippen LogP contribution in [0.5, 0.6) is 11.5 Å². The van der Waals surface area contributed by atoms with Gasteiger partial charge in [0, 0.05) is 30.2 Å². The third-order valence-electron chi connectivity index (χ3n) is 6.86. The molecule has 214 valence electrons. The van der Waals surface area contributed by atoms with Gasteiger partial charge < -0.3 is 19.7 Å². The number of hydrogen-bond donors (Lipinski definition) is 3. The molecule has 1 aliphatic carbocycles. The summed E-state index contributed by atoms with van der Waals surface area (Å²) in [6.07, 6.45) is 6.17. The zero-order chi connectivity index (χ0) is 29.6. The van der Waals surface area contributed by atoms with Gasteiger partial charge >= 0.3 is 17.6 Å². The van der Waals surface area contributed by atoms with Gasteiger partial charge in [0.2, 0.25) is 0 Å². The maximum absolute atomic E-state index is 13.1. The van der Waals surface area contributed by atoms with Crippen LogP contribution in [0.1, 0.15) is 52.1 Å². The number of benzene rings is 3. The number of carboxylic acid groups (broad SMARTS) is 2. The van der Waals surface area contributed by atoms with E-state index >= 15 is 0 Å². The van der Waals surface area contributed by atoms with Crippen molar-refractivity contribution in [1.82, 2.24) is 9.55 Å². The van der Waals surface area contributed by atoms with Crippen LogP contribution in [-0.2, 0) is 16.1 Å². The molecule has 0 amide bonds. The fourth-order valence-corrected chi connectivity index (χ4v) is 5.28. The summed E-state index contributed by atoms with van der Waals surface area (Å²) in [5.41, 5.74) is 5.20. The van der Waals surface area contributed by atoms with Gasteiger partial charge in [-0.25, -0.2) is 9.59 Å². The third-order valence-corrected chi connectivity index (χ3v) is 7.20. The van der Waals surface area contributed by atoms with E-state index in [0.29, 0.717) is 22.4 Å². The summed E-state index contributed by atoms with van der Waals surface area (Å²) >= 11 is 5.70. The zero-order valence-electron chi connectivity index (χ0n) is 22.5. The second-order valence-corrected chi connectivity index (χ2v) is 10.2. The predicted molar refractivity (Wildman–Crippen MR) is 160 cm³/mol. The number of ether oxygens (including phenoxy) is 2. The molecule has 0 spiro atoms. The largest absolute Gasteiger partial charge is 0.493 e. The highest BCUT2D eigenvalue weighted by Gasteiger charge is 2.25. The zero-order valence-corrected chi connectivity index (χ0v) is 23.3. The van der Waals surface area contributed by atoms with Crippen molar-refractivity contribution in [3.63, 3.8) is 0 Å². The first-order valence-electron chi connectivity index (χ1n) is 13.3. The van der Waals surface area contributed by atoms with E-state index in [9.17, 15) is 14.4 Å². The molecule has 3 aromatic carbocycles. The van der Waals surface area contributed by atoms with Crippen LogP contribution >= 0.6 is 12.2 Å². The quantitative estimate of drug-likeness (QED) is 0.140. The first kappa shape index (κ1) is 28.6. The molecule has 1 heterocycles. The van der Waals surface area contributed by atoms with E-state index < -0.39 is 24.2 Å². The molecule has 4 aromatic rings. The summed E-state index contributed by atoms with van der Waals surface area (Å²) in [5, 5.41) is 18.0. The molecule has 1 aromatic heterocycles. The fraction of sp³-hybridized carbons (Fsp3) is 0.188. The highest BCUT2D eigenvalue weighted by molar-refractivity contribution is 7.71. The molecule has 5 rings (SSSR count). The van der Waals surface area contributed by atoms with E-state index in [4.69, 9.17) is 31.9 Å². The number of H-pyrrole nitrogens is 1. The van der Waals surface area contributed by atoms with E-state index in [1.165, 1.54) is 10.6 Å². The molecule has 0 saturated carbocycles. The van der Waals surface area contributed by atoms with Crippen molar-refractivity contribution in [2.45, 2.75) is 25.3 Å². The Labute approximate surface area is 246 Å². The molecule has 0 radical (unpaired) electrons. The number of aromatic amines is 1. The van der Waals surface area contributed by atoms with Crippen molar-refractivity contribution in [3.8, 4) is 11.5 Å². The monoisotopic (exact) mass is 584 g/mol. The van der Waals surface area contributed by atoms with Gasteiger partial charge in [0.05, 0.1) is 13.2 Å². The predicted octanol–water partition coefficient (Wildman–Crippen LogP) is 5.33. The van der Waals surface area contributed by atoms with Crippen LogP contribution in [0, 0.1) is 4.64 Å². The number of carbonyl (C=O) groups is 2. The summed E-state index contributed by atoms with van der Waals surface area (Å²) < 4.78 is 13.0. The van der Waals surface area contributed by atoms with Crippen molar-refractivity contribution < 1.29 is 29.3 Å². The Balaban J connectivity index is 1.53. The summed E-state index contributed by atoms with van der Waals surface area (Å²) in [5.74, 6) is -1.68. The number of nitrogens with zero attached hydrogens (tertiary/aromatic N) is 1. The van der Waals surface area contributed by atoms with Gasteiger partial charge in [-0.05, 0) is 46.4 Å². The van der Waals surface area contributed by atoms with E-state index in [1.54, 1.807) is 18.3 Å². The third kappa shape index (κ3) is 6.67. The first-order valence-corrected chi connectivity index (χ1v) is 13.7. The number of hydrogen-bond acceptors (Lipinski definition) is 6. The smallest absolute Gasteiger partial charge is 0.341 e. The lowest BCUT2D eigenvalue weighted by molar-refractivity contribution is -0.139. The van der Waals surface area contributed by atoms with Crippen LogP contribution in [0.3, 0.4) is 0 Å². The molecule has 0 bridgehead atoms. The van der Waals surface area contributed by atoms with Gasteiger partial charge in [-0.1, -0.05) is 72.9 Å². The van der Waals surface area contributed by atoms with Crippen molar-refractivity contribution in [2.75, 3.05) is 13.2 Å². The molecule has 42 heavy (non-hydrogen) atoms. The lowest BCUT2D eigenvalue weighted by Gasteiger charge is -2.22. The Bertz CT molecular complexity index is 1740. The van der Waals surface area contributed by atoms with Gasteiger partial charge in [0.25, 0.3) is 0 Å². The highest BCUT2D eigenvalue weighted by atomic mass is 32.1. The minimum atomic E-state index is -1.14. The second-order valence-electron chi connectivity index (χ2n) is 9.84. The summed E-state index contributed by atoms with van der Waals surface area (Å²) in [4.78, 5) is 37.9. The number of aliphatic carboxylic acids is 2. The lowest BCUT2D eigenvalue weighted by atomic mass is 9.83. The van der Waals surface area contributed by atoms with Crippen molar-refractivity contribution in [2.24, 2.45) is 0 Å². The lowest BCUT2D eigenvalue weighted by Crippen LogP contribution is -2.25. The normalized spacial score (nSPS) is 12.2. The van der Waals surface area contributed by atoms with E-state index in [0.717, 1.165) is 27.8 Å². The average molecular weight is 585 g/mol. The van der Waals surface area contributed by atoms with Gasteiger partial charge in [0.1, 0.15) is 16.1 Å². The first-order chi connectivity index (χ1) is 20.3. The van der Waals surface area contributed by atoms with E-state index in [-0.39, 0.29) is 31.2 Å². The van der Waals surface area contributed by atoms with Crippen molar-refractivity contribution in [1.29, 1.82) is 0 Å². The number of fused-ring (bicyclic) bond motifs is 2. The average Bonchev–Trinajstić information content (AvgIpc) is 3.13. The molecule has 10 heteroatoms. The molecule has 1 aliphatic rings. The summed E-state index contributed by atoms with van der Waals surface area (Å²) in [6.45, 7) is -0.299.